The maximum absolute atomic E-state index is 14.7. The first-order valence-electron chi connectivity index (χ1n) is 11.3. The maximum Gasteiger partial charge on any atom is 0.201 e. The summed E-state index contributed by atoms with van der Waals surface area (Å²) in [5.74, 6) is 1.29. The summed E-state index contributed by atoms with van der Waals surface area (Å²) in [5.41, 5.74) is 1.16. The smallest absolute Gasteiger partial charge is 0.201 e. The van der Waals surface area contributed by atoms with E-state index < -0.39 is 11.6 Å². The zero-order valence-corrected chi connectivity index (χ0v) is 17.4. The van der Waals surface area contributed by atoms with E-state index in [2.05, 4.69) is 19.6 Å². The van der Waals surface area contributed by atoms with Gasteiger partial charge in [-0.3, -0.25) is 0 Å². The zero-order valence-electron chi connectivity index (χ0n) is 17.4. The van der Waals surface area contributed by atoms with E-state index in [0.29, 0.717) is 16.7 Å². The van der Waals surface area contributed by atoms with Crippen molar-refractivity contribution in [2.24, 2.45) is 17.8 Å². The molecule has 3 heteroatoms. The first-order valence-corrected chi connectivity index (χ1v) is 11.3. The van der Waals surface area contributed by atoms with Crippen LogP contribution in [0.3, 0.4) is 0 Å². The summed E-state index contributed by atoms with van der Waals surface area (Å²) in [6, 6.07) is 7.48. The Labute approximate surface area is 173 Å². The fourth-order valence-corrected chi connectivity index (χ4v) is 5.79. The molecule has 2 saturated carbocycles. The lowest BCUT2D eigenvalue weighted by atomic mass is 9.63. The molecule has 0 bridgehead atoms. The van der Waals surface area contributed by atoms with Gasteiger partial charge in [-0.2, -0.15) is 4.39 Å². The molecule has 2 aliphatic rings. The molecule has 0 amide bonds. The number of rotatable bonds is 6. The minimum absolute atomic E-state index is 0.0491. The van der Waals surface area contributed by atoms with E-state index in [0.717, 1.165) is 29.7 Å². The first kappa shape index (κ1) is 20.4. The van der Waals surface area contributed by atoms with Gasteiger partial charge in [0.25, 0.3) is 0 Å². The minimum Gasteiger partial charge on any atom is -0.486 e. The number of ether oxygens (including phenoxy) is 1. The third-order valence-electron chi connectivity index (χ3n) is 7.26. The fraction of sp³-hybridized carbons (Fsp3) is 0.538. The molecular weight excluding hydrogens is 366 g/mol. The molecule has 0 heterocycles. The van der Waals surface area contributed by atoms with E-state index in [-0.39, 0.29) is 12.4 Å². The van der Waals surface area contributed by atoms with Crippen LogP contribution in [0.25, 0.3) is 10.8 Å². The van der Waals surface area contributed by atoms with Gasteiger partial charge < -0.3 is 4.74 Å². The van der Waals surface area contributed by atoms with E-state index in [4.69, 9.17) is 4.74 Å². The highest BCUT2D eigenvalue weighted by Crippen LogP contribution is 2.48. The average molecular weight is 399 g/mol. The van der Waals surface area contributed by atoms with Crippen molar-refractivity contribution >= 4 is 10.8 Å². The van der Waals surface area contributed by atoms with Crippen molar-refractivity contribution < 1.29 is 13.5 Å². The van der Waals surface area contributed by atoms with Crippen molar-refractivity contribution in [3.05, 3.63) is 54.1 Å². The van der Waals surface area contributed by atoms with Crippen LogP contribution in [-0.4, -0.2) is 6.61 Å². The van der Waals surface area contributed by atoms with Crippen LogP contribution in [0, 0.1) is 29.4 Å². The van der Waals surface area contributed by atoms with Gasteiger partial charge in [0, 0.05) is 5.39 Å². The maximum atomic E-state index is 14.7. The molecule has 29 heavy (non-hydrogen) atoms. The molecule has 4 unspecified atom stereocenters. The van der Waals surface area contributed by atoms with Crippen LogP contribution in [0.5, 0.6) is 5.75 Å². The number of hydrogen-bond acceptors (Lipinski definition) is 1. The van der Waals surface area contributed by atoms with E-state index in [1.807, 2.05) is 12.1 Å². The number of fused-ring (bicyclic) bond motifs is 2. The first-order chi connectivity index (χ1) is 14.1. The Hall–Kier alpha value is -1.90. The second-order valence-corrected chi connectivity index (χ2v) is 9.08. The average Bonchev–Trinajstić information content (AvgIpc) is 2.75. The third-order valence-corrected chi connectivity index (χ3v) is 7.26. The van der Waals surface area contributed by atoms with Gasteiger partial charge in [-0.05, 0) is 78.9 Å². The van der Waals surface area contributed by atoms with Crippen molar-refractivity contribution in [2.45, 2.75) is 64.2 Å². The van der Waals surface area contributed by atoms with Gasteiger partial charge in [-0.1, -0.05) is 51.0 Å². The Kier molecular flexibility index (Phi) is 6.22. The molecule has 2 aromatic rings. The topological polar surface area (TPSA) is 9.23 Å². The molecule has 0 spiro atoms. The molecule has 156 valence electrons. The Morgan fingerprint density at radius 3 is 2.62 bits per heavy atom. The van der Waals surface area contributed by atoms with E-state index in [1.165, 1.54) is 51.0 Å². The van der Waals surface area contributed by atoms with Crippen LogP contribution in [0.15, 0.2) is 36.9 Å². The SMILES string of the molecule is C=CCOc1cc2ccc(C3CCC4CC(CCC)CCC4C3)cc2c(F)c1F. The van der Waals surface area contributed by atoms with Crippen LogP contribution in [0.1, 0.15) is 69.8 Å². The Morgan fingerprint density at radius 1 is 1.03 bits per heavy atom. The number of hydrogen-bond donors (Lipinski definition) is 0. The lowest BCUT2D eigenvalue weighted by Crippen LogP contribution is -2.30. The fourth-order valence-electron chi connectivity index (χ4n) is 5.79. The van der Waals surface area contributed by atoms with Crippen molar-refractivity contribution in [1.29, 1.82) is 0 Å². The standard InChI is InChI=1S/C26H32F2O/c1-3-5-17-6-7-19-14-20(9-8-18(19)13-17)21-10-11-22-16-24(29-12-4-2)26(28)25(27)23(22)15-21/h4,10-11,15-20H,2-3,5-9,12-14H2,1H3. The van der Waals surface area contributed by atoms with Gasteiger partial charge in [-0.15, -0.1) is 0 Å². The zero-order chi connectivity index (χ0) is 20.4. The molecule has 0 saturated heterocycles. The predicted molar refractivity (Wildman–Crippen MR) is 115 cm³/mol. The van der Waals surface area contributed by atoms with Crippen molar-refractivity contribution in [2.75, 3.05) is 6.61 Å². The van der Waals surface area contributed by atoms with Crippen molar-refractivity contribution in [1.82, 2.24) is 0 Å². The molecule has 2 aliphatic carbocycles. The summed E-state index contributed by atoms with van der Waals surface area (Å²) in [4.78, 5) is 0. The molecule has 0 aliphatic heterocycles. The summed E-state index contributed by atoms with van der Waals surface area (Å²) in [6.07, 6.45) is 11.9. The number of benzene rings is 2. The quantitative estimate of drug-likeness (QED) is 0.451. The van der Waals surface area contributed by atoms with E-state index in [1.54, 1.807) is 6.07 Å². The molecule has 4 rings (SSSR count). The van der Waals surface area contributed by atoms with Gasteiger partial charge in [0.2, 0.25) is 5.82 Å². The summed E-state index contributed by atoms with van der Waals surface area (Å²) < 4.78 is 34.4. The number of halogens is 2. The molecule has 0 radical (unpaired) electrons. The Bertz CT molecular complexity index is 875. The normalized spacial score (nSPS) is 26.9. The molecule has 0 aromatic heterocycles. The molecule has 4 atom stereocenters. The van der Waals surface area contributed by atoms with Gasteiger partial charge >= 0.3 is 0 Å². The molecular formula is C26H32F2O. The van der Waals surface area contributed by atoms with Crippen LogP contribution in [-0.2, 0) is 0 Å². The molecule has 1 nitrogen and oxygen atoms in total. The lowest BCUT2D eigenvalue weighted by Gasteiger charge is -2.42. The van der Waals surface area contributed by atoms with E-state index >= 15 is 0 Å². The predicted octanol–water partition coefficient (Wildman–Crippen LogP) is 7.78. The Balaban J connectivity index is 1.53. The summed E-state index contributed by atoms with van der Waals surface area (Å²) in [6.45, 7) is 6.00. The highest BCUT2D eigenvalue weighted by molar-refractivity contribution is 5.85. The monoisotopic (exact) mass is 398 g/mol. The van der Waals surface area contributed by atoms with Crippen LogP contribution >= 0.6 is 0 Å². The third kappa shape index (κ3) is 4.20. The molecule has 2 fully saturated rings. The molecule has 2 aromatic carbocycles. The Morgan fingerprint density at radius 2 is 1.83 bits per heavy atom. The van der Waals surface area contributed by atoms with Gasteiger partial charge in [0.1, 0.15) is 6.61 Å². The summed E-state index contributed by atoms with van der Waals surface area (Å²) in [7, 11) is 0. The highest BCUT2D eigenvalue weighted by Gasteiger charge is 2.35. The molecule has 0 N–H and O–H groups in total. The second-order valence-electron chi connectivity index (χ2n) is 9.08. The van der Waals surface area contributed by atoms with E-state index in [9.17, 15) is 8.78 Å². The van der Waals surface area contributed by atoms with Crippen molar-refractivity contribution in [3.63, 3.8) is 0 Å². The largest absolute Gasteiger partial charge is 0.486 e. The van der Waals surface area contributed by atoms with Gasteiger partial charge in [0.05, 0.1) is 0 Å². The van der Waals surface area contributed by atoms with Crippen LogP contribution < -0.4 is 4.74 Å². The highest BCUT2D eigenvalue weighted by atomic mass is 19.2. The summed E-state index contributed by atoms with van der Waals surface area (Å²) in [5, 5.41) is 1.04. The lowest BCUT2D eigenvalue weighted by molar-refractivity contribution is 0.114. The summed E-state index contributed by atoms with van der Waals surface area (Å²) >= 11 is 0. The minimum atomic E-state index is -0.908. The van der Waals surface area contributed by atoms with Gasteiger partial charge in [0.15, 0.2) is 11.6 Å². The van der Waals surface area contributed by atoms with Crippen molar-refractivity contribution in [3.8, 4) is 5.75 Å². The second kappa shape index (κ2) is 8.85. The van der Waals surface area contributed by atoms with Gasteiger partial charge in [-0.25, -0.2) is 4.39 Å². The van der Waals surface area contributed by atoms with Crippen LogP contribution in [0.4, 0.5) is 8.78 Å². The van der Waals surface area contributed by atoms with Crippen LogP contribution in [0.2, 0.25) is 0 Å².